The zero-order valence-corrected chi connectivity index (χ0v) is 10.6. The molecule has 18 heavy (non-hydrogen) atoms. The van der Waals surface area contributed by atoms with Gasteiger partial charge in [0, 0.05) is 25.0 Å². The summed E-state index contributed by atoms with van der Waals surface area (Å²) in [7, 11) is 0. The highest BCUT2D eigenvalue weighted by Crippen LogP contribution is 2.12. The van der Waals surface area contributed by atoms with Crippen LogP contribution in [0.25, 0.3) is 0 Å². The lowest BCUT2D eigenvalue weighted by Gasteiger charge is -2.08. The van der Waals surface area contributed by atoms with E-state index in [0.29, 0.717) is 18.3 Å². The third kappa shape index (κ3) is 3.44. The fraction of sp³-hybridized carbons (Fsp3) is 0.417. The lowest BCUT2D eigenvalue weighted by atomic mass is 10.5. The van der Waals surface area contributed by atoms with Crippen LogP contribution in [0.1, 0.15) is 12.7 Å². The van der Waals surface area contributed by atoms with E-state index in [1.165, 1.54) is 0 Å². The first-order valence-corrected chi connectivity index (χ1v) is 5.97. The number of anilines is 1. The summed E-state index contributed by atoms with van der Waals surface area (Å²) < 4.78 is 7.24. The Morgan fingerprint density at radius 2 is 2.28 bits per heavy atom. The summed E-state index contributed by atoms with van der Waals surface area (Å²) in [6.45, 7) is 5.93. The van der Waals surface area contributed by atoms with Gasteiger partial charge in [-0.2, -0.15) is 10.1 Å². The Morgan fingerprint density at radius 1 is 1.39 bits per heavy atom. The van der Waals surface area contributed by atoms with Gasteiger partial charge in [0.25, 0.3) is 0 Å². The van der Waals surface area contributed by atoms with Crippen molar-refractivity contribution in [3.8, 4) is 5.88 Å². The Morgan fingerprint density at radius 3 is 3.00 bits per heavy atom. The molecule has 0 aromatic carbocycles. The lowest BCUT2D eigenvalue weighted by molar-refractivity contribution is 0.325. The van der Waals surface area contributed by atoms with Crippen molar-refractivity contribution in [2.75, 3.05) is 18.5 Å². The molecule has 0 fully saturated rings. The van der Waals surface area contributed by atoms with Crippen molar-refractivity contribution in [3.63, 3.8) is 0 Å². The van der Waals surface area contributed by atoms with Crippen LogP contribution in [0.15, 0.2) is 24.5 Å². The summed E-state index contributed by atoms with van der Waals surface area (Å²) in [5, 5.41) is 7.36. The van der Waals surface area contributed by atoms with Crippen LogP contribution in [0.4, 0.5) is 5.82 Å². The van der Waals surface area contributed by atoms with Crippen LogP contribution >= 0.6 is 0 Å². The topological polar surface area (TPSA) is 64.9 Å². The maximum Gasteiger partial charge on any atom is 0.218 e. The predicted octanol–water partition coefficient (Wildman–Crippen LogP) is 1.49. The second kappa shape index (κ2) is 6.00. The predicted molar refractivity (Wildman–Crippen MR) is 68.7 cm³/mol. The molecule has 96 valence electrons. The van der Waals surface area contributed by atoms with Gasteiger partial charge in [-0.05, 0) is 19.9 Å². The van der Waals surface area contributed by atoms with Crippen molar-refractivity contribution < 1.29 is 4.74 Å². The summed E-state index contributed by atoms with van der Waals surface area (Å²) in [4.78, 5) is 8.49. The Balaban J connectivity index is 1.92. The number of aromatic nitrogens is 4. The average molecular weight is 247 g/mol. The van der Waals surface area contributed by atoms with E-state index in [1.54, 1.807) is 12.3 Å². The first kappa shape index (κ1) is 12.3. The van der Waals surface area contributed by atoms with E-state index in [9.17, 15) is 0 Å². The molecule has 0 atom stereocenters. The van der Waals surface area contributed by atoms with Gasteiger partial charge in [0.2, 0.25) is 5.88 Å². The molecule has 0 saturated heterocycles. The van der Waals surface area contributed by atoms with Crippen LogP contribution < -0.4 is 10.1 Å². The molecule has 0 aliphatic carbocycles. The Bertz CT molecular complexity index is 483. The van der Waals surface area contributed by atoms with Gasteiger partial charge in [0.05, 0.1) is 13.2 Å². The Kier molecular flexibility index (Phi) is 4.11. The van der Waals surface area contributed by atoms with Gasteiger partial charge in [0.1, 0.15) is 11.6 Å². The minimum Gasteiger partial charge on any atom is -0.478 e. The number of nitrogens with zero attached hydrogens (tertiary/aromatic N) is 4. The van der Waals surface area contributed by atoms with Crippen molar-refractivity contribution >= 4 is 5.82 Å². The third-order valence-electron chi connectivity index (χ3n) is 2.31. The van der Waals surface area contributed by atoms with Crippen LogP contribution in [0, 0.1) is 6.92 Å². The van der Waals surface area contributed by atoms with E-state index in [-0.39, 0.29) is 0 Å². The second-order valence-electron chi connectivity index (χ2n) is 3.77. The monoisotopic (exact) mass is 247 g/mol. The zero-order valence-electron chi connectivity index (χ0n) is 10.6. The maximum atomic E-state index is 5.37. The van der Waals surface area contributed by atoms with Crippen LogP contribution in [-0.4, -0.2) is 32.9 Å². The number of rotatable bonds is 6. The molecule has 6 heteroatoms. The van der Waals surface area contributed by atoms with Gasteiger partial charge < -0.3 is 10.1 Å². The number of hydrogen-bond donors (Lipinski definition) is 1. The molecule has 2 aromatic rings. The summed E-state index contributed by atoms with van der Waals surface area (Å²) >= 11 is 0. The van der Waals surface area contributed by atoms with Crippen molar-refractivity contribution in [1.29, 1.82) is 0 Å². The smallest absolute Gasteiger partial charge is 0.218 e. The molecule has 2 rings (SSSR count). The highest BCUT2D eigenvalue weighted by Gasteiger charge is 2.02. The molecule has 0 aliphatic rings. The van der Waals surface area contributed by atoms with Crippen LogP contribution in [0.2, 0.25) is 0 Å². The molecular formula is C12H17N5O. The standard InChI is InChI=1S/C12H17N5O/c1-3-18-12-9-11(15-10(2)16-12)13-6-8-17-7-4-5-14-17/h4-5,7,9H,3,6,8H2,1-2H3,(H,13,15,16). The molecule has 1 N–H and O–H groups in total. The summed E-state index contributed by atoms with van der Waals surface area (Å²) in [5.74, 6) is 2.08. The quantitative estimate of drug-likeness (QED) is 0.837. The van der Waals surface area contributed by atoms with E-state index in [2.05, 4.69) is 20.4 Å². The molecule has 0 saturated carbocycles. The SMILES string of the molecule is CCOc1cc(NCCn2cccn2)nc(C)n1. The van der Waals surface area contributed by atoms with Crippen molar-refractivity contribution in [2.45, 2.75) is 20.4 Å². The second-order valence-corrected chi connectivity index (χ2v) is 3.77. The summed E-state index contributed by atoms with van der Waals surface area (Å²) in [5.41, 5.74) is 0. The van der Waals surface area contributed by atoms with Gasteiger partial charge in [0.15, 0.2) is 0 Å². The average Bonchev–Trinajstić information content (AvgIpc) is 2.82. The highest BCUT2D eigenvalue weighted by molar-refractivity contribution is 5.38. The Hall–Kier alpha value is -2.11. The fourth-order valence-electron chi connectivity index (χ4n) is 1.58. The van der Waals surface area contributed by atoms with E-state index in [0.717, 1.165) is 18.9 Å². The normalized spacial score (nSPS) is 10.3. The van der Waals surface area contributed by atoms with Crippen molar-refractivity contribution in [1.82, 2.24) is 19.7 Å². The third-order valence-corrected chi connectivity index (χ3v) is 2.31. The molecule has 0 amide bonds. The molecular weight excluding hydrogens is 230 g/mol. The number of nitrogens with one attached hydrogen (secondary N) is 1. The van der Waals surface area contributed by atoms with E-state index < -0.39 is 0 Å². The molecule has 0 spiro atoms. The van der Waals surface area contributed by atoms with Gasteiger partial charge in [-0.1, -0.05) is 0 Å². The molecule has 2 aromatic heterocycles. The van der Waals surface area contributed by atoms with Crippen molar-refractivity contribution in [3.05, 3.63) is 30.4 Å². The highest BCUT2D eigenvalue weighted by atomic mass is 16.5. The first-order valence-electron chi connectivity index (χ1n) is 5.97. The van der Waals surface area contributed by atoms with Gasteiger partial charge in [-0.15, -0.1) is 0 Å². The van der Waals surface area contributed by atoms with Crippen LogP contribution in [0.3, 0.4) is 0 Å². The number of ether oxygens (including phenoxy) is 1. The minimum absolute atomic E-state index is 0.600. The van der Waals surface area contributed by atoms with E-state index in [1.807, 2.05) is 30.8 Å². The zero-order chi connectivity index (χ0) is 12.8. The van der Waals surface area contributed by atoms with Gasteiger partial charge in [-0.25, -0.2) is 4.98 Å². The van der Waals surface area contributed by atoms with Gasteiger partial charge >= 0.3 is 0 Å². The molecule has 6 nitrogen and oxygen atoms in total. The number of aryl methyl sites for hydroxylation is 1. The van der Waals surface area contributed by atoms with E-state index >= 15 is 0 Å². The summed E-state index contributed by atoms with van der Waals surface area (Å²) in [6.07, 6.45) is 3.69. The molecule has 0 bridgehead atoms. The largest absolute Gasteiger partial charge is 0.478 e. The number of hydrogen-bond acceptors (Lipinski definition) is 5. The van der Waals surface area contributed by atoms with Crippen molar-refractivity contribution in [2.24, 2.45) is 0 Å². The minimum atomic E-state index is 0.600. The maximum absolute atomic E-state index is 5.37. The first-order chi connectivity index (χ1) is 8.78. The van der Waals surface area contributed by atoms with Crippen LogP contribution in [-0.2, 0) is 6.54 Å². The molecule has 2 heterocycles. The van der Waals surface area contributed by atoms with Gasteiger partial charge in [-0.3, -0.25) is 4.68 Å². The Labute approximate surface area is 106 Å². The molecule has 0 unspecified atom stereocenters. The lowest BCUT2D eigenvalue weighted by Crippen LogP contribution is -2.12. The fourth-order valence-corrected chi connectivity index (χ4v) is 1.58. The van der Waals surface area contributed by atoms with Crippen LogP contribution in [0.5, 0.6) is 5.88 Å². The molecule has 0 aliphatic heterocycles. The van der Waals surface area contributed by atoms with E-state index in [4.69, 9.17) is 4.74 Å². The summed E-state index contributed by atoms with van der Waals surface area (Å²) in [6, 6.07) is 3.71. The molecule has 0 radical (unpaired) electrons.